The zero-order valence-electron chi connectivity index (χ0n) is 13.7. The molecule has 2 rings (SSSR count). The summed E-state index contributed by atoms with van der Waals surface area (Å²) in [6, 6.07) is 12.5. The van der Waals surface area contributed by atoms with Gasteiger partial charge in [0.15, 0.2) is 6.61 Å². The molecule has 4 nitrogen and oxygen atoms in total. The van der Waals surface area contributed by atoms with Crippen molar-refractivity contribution < 1.29 is 23.1 Å². The van der Waals surface area contributed by atoms with Crippen molar-refractivity contribution in [2.75, 3.05) is 6.61 Å². The monoisotopic (exact) mass is 399 g/mol. The van der Waals surface area contributed by atoms with Crippen LogP contribution in [0.25, 0.3) is 0 Å². The van der Waals surface area contributed by atoms with Gasteiger partial charge in [0, 0.05) is 9.92 Å². The number of amides is 1. The number of benzene rings is 2. The van der Waals surface area contributed by atoms with E-state index in [4.69, 9.17) is 16.3 Å². The van der Waals surface area contributed by atoms with Crippen LogP contribution in [-0.4, -0.2) is 24.2 Å². The van der Waals surface area contributed by atoms with Gasteiger partial charge >= 0.3 is 5.97 Å². The predicted molar refractivity (Wildman–Crippen MR) is 96.6 cm³/mol. The average molecular weight is 400 g/mol. The van der Waals surface area contributed by atoms with Gasteiger partial charge in [0.2, 0.25) is 0 Å². The highest BCUT2D eigenvalue weighted by Crippen LogP contribution is 2.28. The first-order valence-electron chi connectivity index (χ1n) is 7.62. The lowest BCUT2D eigenvalue weighted by Gasteiger charge is -2.15. The molecule has 8 heteroatoms. The number of hydrogen-bond donors (Lipinski definition) is 1. The third-order valence-electron chi connectivity index (χ3n) is 3.38. The number of hydrogen-bond acceptors (Lipinski definition) is 4. The molecule has 26 heavy (non-hydrogen) atoms. The summed E-state index contributed by atoms with van der Waals surface area (Å²) in [6.45, 7) is 1.25. The molecule has 2 aromatic rings. The highest BCUT2D eigenvalue weighted by Gasteiger charge is 2.18. The topological polar surface area (TPSA) is 55.4 Å². The molecular weight excluding hydrogens is 384 g/mol. The first-order valence-corrected chi connectivity index (χ1v) is 8.88. The van der Waals surface area contributed by atoms with E-state index in [0.29, 0.717) is 5.02 Å². The van der Waals surface area contributed by atoms with Crippen LogP contribution in [0.3, 0.4) is 0 Å². The average Bonchev–Trinajstić information content (AvgIpc) is 2.59. The van der Waals surface area contributed by atoms with E-state index in [2.05, 4.69) is 5.32 Å². The summed E-state index contributed by atoms with van der Waals surface area (Å²) in [5, 5.41) is 3.22. The molecule has 0 saturated heterocycles. The molecule has 0 saturated carbocycles. The maximum absolute atomic E-state index is 12.5. The first kappa shape index (κ1) is 20.2. The van der Waals surface area contributed by atoms with Crippen LogP contribution in [0.15, 0.2) is 53.4 Å². The third kappa shape index (κ3) is 6.00. The lowest BCUT2D eigenvalue weighted by molar-refractivity contribution is -0.124. The minimum absolute atomic E-state index is 0.00603. The van der Waals surface area contributed by atoms with Crippen molar-refractivity contribution in [2.45, 2.75) is 23.6 Å². The maximum atomic E-state index is 12.5. The Balaban J connectivity index is 1.92. The smallest absolute Gasteiger partial charge is 0.339 e. The minimum atomic E-state index is -2.66. The Morgan fingerprint density at radius 2 is 1.92 bits per heavy atom. The van der Waals surface area contributed by atoms with Crippen molar-refractivity contribution >= 4 is 35.2 Å². The fourth-order valence-corrected chi connectivity index (χ4v) is 3.01. The molecule has 138 valence electrons. The zero-order valence-corrected chi connectivity index (χ0v) is 15.3. The molecule has 0 fully saturated rings. The van der Waals surface area contributed by atoms with Gasteiger partial charge in [0.05, 0.1) is 11.6 Å². The fourth-order valence-electron chi connectivity index (χ4n) is 2.19. The summed E-state index contributed by atoms with van der Waals surface area (Å²) in [4.78, 5) is 24.1. The first-order chi connectivity index (χ1) is 12.4. The van der Waals surface area contributed by atoms with Crippen LogP contribution < -0.4 is 5.32 Å². The van der Waals surface area contributed by atoms with Gasteiger partial charge in [-0.1, -0.05) is 47.6 Å². The van der Waals surface area contributed by atoms with Gasteiger partial charge in [-0.3, -0.25) is 4.79 Å². The SMILES string of the molecule is C[C@H](NC(=O)COC(=O)c1ccccc1SC(F)F)c1cccc(Cl)c1. The molecule has 0 spiro atoms. The van der Waals surface area contributed by atoms with Crippen molar-refractivity contribution in [1.82, 2.24) is 5.32 Å². The van der Waals surface area contributed by atoms with Crippen molar-refractivity contribution in [1.29, 1.82) is 0 Å². The molecule has 0 radical (unpaired) electrons. The van der Waals surface area contributed by atoms with Crippen molar-refractivity contribution in [3.8, 4) is 0 Å². The fraction of sp³-hybridized carbons (Fsp3) is 0.222. The summed E-state index contributed by atoms with van der Waals surface area (Å²) in [7, 11) is 0. The van der Waals surface area contributed by atoms with Crippen LogP contribution in [0, 0.1) is 0 Å². The summed E-state index contributed by atoms with van der Waals surface area (Å²) in [5.74, 6) is -4.00. The number of esters is 1. The number of thioether (sulfide) groups is 1. The van der Waals surface area contributed by atoms with Crippen molar-refractivity contribution in [2.24, 2.45) is 0 Å². The molecule has 1 amide bonds. The summed E-state index contributed by atoms with van der Waals surface area (Å²) in [6.07, 6.45) is 0. The molecule has 0 aliphatic rings. The van der Waals surface area contributed by atoms with Gasteiger partial charge in [-0.2, -0.15) is 8.78 Å². The van der Waals surface area contributed by atoms with Crippen LogP contribution in [0.5, 0.6) is 0 Å². The molecule has 2 aromatic carbocycles. The molecular formula is C18H16ClF2NO3S. The highest BCUT2D eigenvalue weighted by molar-refractivity contribution is 7.99. The molecule has 0 aliphatic carbocycles. The normalized spacial score (nSPS) is 11.9. The lowest BCUT2D eigenvalue weighted by atomic mass is 10.1. The standard InChI is InChI=1S/C18H16ClF2NO3S/c1-11(12-5-4-6-13(19)9-12)22-16(23)10-25-17(24)14-7-2-3-8-15(14)26-18(20)21/h2-9,11,18H,10H2,1H3,(H,22,23)/t11-/m0/s1. The van der Waals surface area contributed by atoms with Crippen molar-refractivity contribution in [3.63, 3.8) is 0 Å². The minimum Gasteiger partial charge on any atom is -0.452 e. The Labute approximate surface area is 158 Å². The maximum Gasteiger partial charge on any atom is 0.339 e. The largest absolute Gasteiger partial charge is 0.452 e. The molecule has 0 aliphatic heterocycles. The van der Waals surface area contributed by atoms with E-state index >= 15 is 0 Å². The lowest BCUT2D eigenvalue weighted by Crippen LogP contribution is -2.31. The summed E-state index contributed by atoms with van der Waals surface area (Å²) < 4.78 is 30.0. The number of nitrogens with one attached hydrogen (secondary N) is 1. The van der Waals surface area contributed by atoms with Crippen LogP contribution in [0.2, 0.25) is 5.02 Å². The third-order valence-corrected chi connectivity index (χ3v) is 4.41. The molecule has 0 unspecified atom stereocenters. The second-order valence-corrected chi connectivity index (χ2v) is 6.76. The van der Waals surface area contributed by atoms with E-state index in [1.165, 1.54) is 18.2 Å². The highest BCUT2D eigenvalue weighted by atomic mass is 35.5. The molecule has 0 bridgehead atoms. The number of carbonyl (C=O) groups is 2. The second-order valence-electron chi connectivity index (χ2n) is 5.30. The van der Waals surface area contributed by atoms with Crippen LogP contribution >= 0.6 is 23.4 Å². The number of carbonyl (C=O) groups excluding carboxylic acids is 2. The van der Waals surface area contributed by atoms with E-state index < -0.39 is 24.2 Å². The molecule has 0 heterocycles. The number of alkyl halides is 2. The Hall–Kier alpha value is -2.12. The Bertz CT molecular complexity index is 789. The van der Waals surface area contributed by atoms with Gasteiger partial charge < -0.3 is 10.1 Å². The quantitative estimate of drug-likeness (QED) is 0.542. The van der Waals surface area contributed by atoms with E-state index in [0.717, 1.165) is 5.56 Å². The van der Waals surface area contributed by atoms with E-state index in [-0.39, 0.29) is 28.3 Å². The second kappa shape index (κ2) is 9.54. The number of halogens is 3. The zero-order chi connectivity index (χ0) is 19.1. The van der Waals surface area contributed by atoms with E-state index in [9.17, 15) is 18.4 Å². The summed E-state index contributed by atoms with van der Waals surface area (Å²) >= 11 is 6.16. The van der Waals surface area contributed by atoms with Gasteiger partial charge in [0.1, 0.15) is 0 Å². The van der Waals surface area contributed by atoms with E-state index in [1.807, 2.05) is 0 Å². The van der Waals surface area contributed by atoms with Gasteiger partial charge in [-0.05, 0) is 36.8 Å². The van der Waals surface area contributed by atoms with Gasteiger partial charge in [-0.25, -0.2) is 4.79 Å². The molecule has 1 N–H and O–H groups in total. The summed E-state index contributed by atoms with van der Waals surface area (Å²) in [5.41, 5.74) is 0.796. The molecule has 1 atom stereocenters. The molecule has 0 aromatic heterocycles. The Morgan fingerprint density at radius 3 is 2.62 bits per heavy atom. The van der Waals surface area contributed by atoms with Gasteiger partial charge in [0.25, 0.3) is 11.7 Å². The van der Waals surface area contributed by atoms with Crippen LogP contribution in [-0.2, 0) is 9.53 Å². The predicted octanol–water partition coefficient (Wildman–Crippen LogP) is 4.69. The Morgan fingerprint density at radius 1 is 1.19 bits per heavy atom. The van der Waals surface area contributed by atoms with Crippen molar-refractivity contribution in [3.05, 3.63) is 64.7 Å². The van der Waals surface area contributed by atoms with E-state index in [1.54, 1.807) is 37.3 Å². The van der Waals surface area contributed by atoms with Crippen LogP contribution in [0.4, 0.5) is 8.78 Å². The number of ether oxygens (including phenoxy) is 1. The number of rotatable bonds is 7. The van der Waals surface area contributed by atoms with Gasteiger partial charge in [-0.15, -0.1) is 0 Å². The Kier molecular flexibility index (Phi) is 7.41. The van der Waals surface area contributed by atoms with Crippen LogP contribution in [0.1, 0.15) is 28.9 Å².